The first-order valence-corrected chi connectivity index (χ1v) is 9.77. The third-order valence-electron chi connectivity index (χ3n) is 5.47. The Balaban J connectivity index is 1.74. The summed E-state index contributed by atoms with van der Waals surface area (Å²) >= 11 is 0. The van der Waals surface area contributed by atoms with Gasteiger partial charge in [0, 0.05) is 6.54 Å². The summed E-state index contributed by atoms with van der Waals surface area (Å²) in [5.41, 5.74) is 0.835. The smallest absolute Gasteiger partial charge is 0.245 e. The number of rotatable bonds is 8. The van der Waals surface area contributed by atoms with Gasteiger partial charge in [-0.2, -0.15) is 0 Å². The van der Waals surface area contributed by atoms with Crippen LogP contribution in [0.25, 0.3) is 0 Å². The molecular formula is C23H28N2O5. The molecule has 2 amide bonds. The highest BCUT2D eigenvalue weighted by molar-refractivity contribution is 5.94. The molecule has 1 aliphatic heterocycles. The van der Waals surface area contributed by atoms with Crippen molar-refractivity contribution in [2.45, 2.75) is 38.4 Å². The molecule has 30 heavy (non-hydrogen) atoms. The minimum absolute atomic E-state index is 0.0308. The molecule has 1 saturated heterocycles. The van der Waals surface area contributed by atoms with Crippen molar-refractivity contribution in [1.29, 1.82) is 0 Å². The van der Waals surface area contributed by atoms with Gasteiger partial charge in [-0.15, -0.1) is 0 Å². The van der Waals surface area contributed by atoms with E-state index in [1.165, 1.54) is 7.11 Å². The highest BCUT2D eigenvalue weighted by atomic mass is 16.5. The van der Waals surface area contributed by atoms with Crippen LogP contribution < -0.4 is 19.5 Å². The lowest BCUT2D eigenvalue weighted by atomic mass is 9.86. The molecule has 1 aliphatic rings. The molecule has 0 bridgehead atoms. The SMILES string of the molecule is COc1cc(CNC(=O)C(C)(C)N2C(=O)CC2c2ccccc2)cc(OC)c1OC. The van der Waals surface area contributed by atoms with Crippen LogP contribution in [0.4, 0.5) is 0 Å². The molecular weight excluding hydrogens is 384 g/mol. The van der Waals surface area contributed by atoms with Gasteiger partial charge in [0.2, 0.25) is 17.6 Å². The second kappa shape index (κ2) is 8.65. The van der Waals surface area contributed by atoms with Gasteiger partial charge in [-0.3, -0.25) is 9.59 Å². The lowest BCUT2D eigenvalue weighted by Crippen LogP contribution is -2.63. The van der Waals surface area contributed by atoms with E-state index in [0.717, 1.165) is 11.1 Å². The number of β-lactam (4-membered cyclic amide) rings is 1. The zero-order valence-corrected chi connectivity index (χ0v) is 18.0. The van der Waals surface area contributed by atoms with Crippen LogP contribution in [0.2, 0.25) is 0 Å². The van der Waals surface area contributed by atoms with Gasteiger partial charge in [0.1, 0.15) is 5.54 Å². The molecule has 3 rings (SSSR count). The highest BCUT2D eigenvalue weighted by Crippen LogP contribution is 2.41. The van der Waals surface area contributed by atoms with Crippen molar-refractivity contribution >= 4 is 11.8 Å². The maximum absolute atomic E-state index is 13.0. The van der Waals surface area contributed by atoms with E-state index in [1.807, 2.05) is 30.3 Å². The molecule has 0 aliphatic carbocycles. The lowest BCUT2D eigenvalue weighted by molar-refractivity contribution is -0.162. The van der Waals surface area contributed by atoms with Crippen molar-refractivity contribution in [1.82, 2.24) is 10.2 Å². The molecule has 1 N–H and O–H groups in total. The number of ether oxygens (including phenoxy) is 3. The Morgan fingerprint density at radius 3 is 2.17 bits per heavy atom. The molecule has 0 radical (unpaired) electrons. The van der Waals surface area contributed by atoms with Crippen molar-refractivity contribution < 1.29 is 23.8 Å². The average molecular weight is 412 g/mol. The molecule has 7 heteroatoms. The second-order valence-corrected chi connectivity index (χ2v) is 7.67. The summed E-state index contributed by atoms with van der Waals surface area (Å²) in [7, 11) is 4.63. The average Bonchev–Trinajstić information content (AvgIpc) is 2.74. The minimum Gasteiger partial charge on any atom is -0.493 e. The van der Waals surface area contributed by atoms with E-state index in [-0.39, 0.29) is 24.4 Å². The van der Waals surface area contributed by atoms with E-state index < -0.39 is 5.54 Å². The van der Waals surface area contributed by atoms with Gasteiger partial charge < -0.3 is 24.4 Å². The number of benzene rings is 2. The van der Waals surface area contributed by atoms with Crippen molar-refractivity contribution in [3.63, 3.8) is 0 Å². The van der Waals surface area contributed by atoms with E-state index in [9.17, 15) is 9.59 Å². The first-order chi connectivity index (χ1) is 14.3. The maximum atomic E-state index is 13.0. The van der Waals surface area contributed by atoms with Crippen LogP contribution in [0.1, 0.15) is 37.4 Å². The summed E-state index contributed by atoms with van der Waals surface area (Å²) in [6.07, 6.45) is 0.410. The van der Waals surface area contributed by atoms with Crippen LogP contribution in [-0.2, 0) is 16.1 Å². The number of carbonyl (C=O) groups excluding carboxylic acids is 2. The third-order valence-corrected chi connectivity index (χ3v) is 5.47. The topological polar surface area (TPSA) is 77.1 Å². The van der Waals surface area contributed by atoms with Gasteiger partial charge in [-0.05, 0) is 37.1 Å². The number of methoxy groups -OCH3 is 3. The molecule has 160 valence electrons. The van der Waals surface area contributed by atoms with E-state index in [1.54, 1.807) is 45.1 Å². The molecule has 1 fully saturated rings. The van der Waals surface area contributed by atoms with Gasteiger partial charge in [0.25, 0.3) is 0 Å². The number of hydrogen-bond acceptors (Lipinski definition) is 5. The molecule has 2 aromatic rings. The standard InChI is InChI=1S/C23H28N2O5/c1-23(2,25-17(13-20(25)26)16-9-7-6-8-10-16)22(27)24-14-15-11-18(28-3)21(30-5)19(12-15)29-4/h6-12,17H,13-14H2,1-5H3,(H,24,27). The summed E-state index contributed by atoms with van der Waals surface area (Å²) < 4.78 is 16.1. The fraction of sp³-hybridized carbons (Fsp3) is 0.391. The molecule has 7 nitrogen and oxygen atoms in total. The van der Waals surface area contributed by atoms with Crippen LogP contribution >= 0.6 is 0 Å². The Labute approximate surface area is 176 Å². The molecule has 1 unspecified atom stereocenters. The quantitative estimate of drug-likeness (QED) is 0.675. The van der Waals surface area contributed by atoms with Crippen LogP contribution in [-0.4, -0.2) is 43.6 Å². The van der Waals surface area contributed by atoms with Gasteiger partial charge in [0.05, 0.1) is 33.8 Å². The fourth-order valence-electron chi connectivity index (χ4n) is 3.81. The van der Waals surface area contributed by atoms with Gasteiger partial charge in [-0.1, -0.05) is 30.3 Å². The zero-order valence-electron chi connectivity index (χ0n) is 18.0. The summed E-state index contributed by atoms with van der Waals surface area (Å²) in [6.45, 7) is 3.80. The van der Waals surface area contributed by atoms with E-state index in [4.69, 9.17) is 14.2 Å². The number of nitrogens with one attached hydrogen (secondary N) is 1. The van der Waals surface area contributed by atoms with Crippen LogP contribution in [0, 0.1) is 0 Å². The number of amides is 2. The van der Waals surface area contributed by atoms with Gasteiger partial charge in [-0.25, -0.2) is 0 Å². The predicted octanol–water partition coefficient (Wildman–Crippen LogP) is 3.08. The van der Waals surface area contributed by atoms with Crippen LogP contribution in [0.5, 0.6) is 17.2 Å². The number of carbonyl (C=O) groups is 2. The monoisotopic (exact) mass is 412 g/mol. The number of likely N-dealkylation sites (tertiary alicyclic amines) is 1. The van der Waals surface area contributed by atoms with Crippen LogP contribution in [0.15, 0.2) is 42.5 Å². The van der Waals surface area contributed by atoms with E-state index in [0.29, 0.717) is 23.7 Å². The summed E-state index contributed by atoms with van der Waals surface area (Å²) in [6, 6.07) is 13.3. The first kappa shape index (κ1) is 21.5. The molecule has 1 heterocycles. The predicted molar refractivity (Wildman–Crippen MR) is 113 cm³/mol. The van der Waals surface area contributed by atoms with Crippen LogP contribution in [0.3, 0.4) is 0 Å². The first-order valence-electron chi connectivity index (χ1n) is 9.77. The highest BCUT2D eigenvalue weighted by Gasteiger charge is 2.49. The molecule has 0 spiro atoms. The maximum Gasteiger partial charge on any atom is 0.245 e. The van der Waals surface area contributed by atoms with Gasteiger partial charge >= 0.3 is 0 Å². The largest absolute Gasteiger partial charge is 0.493 e. The van der Waals surface area contributed by atoms with Gasteiger partial charge in [0.15, 0.2) is 11.5 Å². The van der Waals surface area contributed by atoms with E-state index in [2.05, 4.69) is 5.32 Å². The van der Waals surface area contributed by atoms with E-state index >= 15 is 0 Å². The Kier molecular flexibility index (Phi) is 6.20. The zero-order chi connectivity index (χ0) is 21.9. The Morgan fingerprint density at radius 1 is 1.07 bits per heavy atom. The summed E-state index contributed by atoms with van der Waals surface area (Å²) in [5.74, 6) is 1.26. The molecule has 0 saturated carbocycles. The fourth-order valence-corrected chi connectivity index (χ4v) is 3.81. The molecule has 1 atom stereocenters. The number of nitrogens with zero attached hydrogens (tertiary/aromatic N) is 1. The Bertz CT molecular complexity index is 901. The Morgan fingerprint density at radius 2 is 1.67 bits per heavy atom. The summed E-state index contributed by atoms with van der Waals surface area (Å²) in [4.78, 5) is 27.1. The second-order valence-electron chi connectivity index (χ2n) is 7.67. The molecule has 2 aromatic carbocycles. The van der Waals surface area contributed by atoms with Crippen molar-refractivity contribution in [3.8, 4) is 17.2 Å². The van der Waals surface area contributed by atoms with Crippen molar-refractivity contribution in [3.05, 3.63) is 53.6 Å². The number of hydrogen-bond donors (Lipinski definition) is 1. The minimum atomic E-state index is -0.990. The third kappa shape index (κ3) is 3.92. The Hall–Kier alpha value is -3.22. The van der Waals surface area contributed by atoms with Crippen molar-refractivity contribution in [2.24, 2.45) is 0 Å². The molecule has 0 aromatic heterocycles. The normalized spacial score (nSPS) is 16.0. The van der Waals surface area contributed by atoms with Crippen molar-refractivity contribution in [2.75, 3.05) is 21.3 Å². The lowest BCUT2D eigenvalue weighted by Gasteiger charge is -2.49. The summed E-state index contributed by atoms with van der Waals surface area (Å²) in [5, 5.41) is 2.94.